The van der Waals surface area contributed by atoms with Crippen LogP contribution in [0, 0.1) is 0 Å². The topological polar surface area (TPSA) is 100 Å². The molecule has 208 valence electrons. The van der Waals surface area contributed by atoms with Gasteiger partial charge in [0.05, 0.1) is 19.4 Å². The third kappa shape index (κ3) is 6.04. The molecule has 12 heteroatoms. The van der Waals surface area contributed by atoms with E-state index in [1.165, 1.54) is 13.3 Å². The molecular weight excluding hydrogens is 542 g/mol. The number of nitrogens with one attached hydrogen (secondary N) is 1. The number of alkyl halides is 2. The third-order valence-corrected chi connectivity index (χ3v) is 7.15. The van der Waals surface area contributed by atoms with Crippen LogP contribution >= 0.6 is 11.6 Å². The first kappa shape index (κ1) is 27.4. The Kier molecular flexibility index (Phi) is 7.92. The van der Waals surface area contributed by atoms with Crippen LogP contribution in [0.2, 0.25) is 5.02 Å². The van der Waals surface area contributed by atoms with Gasteiger partial charge in [-0.05, 0) is 23.3 Å². The number of hydrogen-bond donors (Lipinski definition) is 1. The molecule has 1 N–H and O–H groups in total. The van der Waals surface area contributed by atoms with Crippen LogP contribution in [0.3, 0.4) is 0 Å². The molecule has 5 rings (SSSR count). The number of anilines is 2. The van der Waals surface area contributed by atoms with Gasteiger partial charge in [0.25, 0.3) is 11.8 Å². The van der Waals surface area contributed by atoms with Crippen LogP contribution in [-0.4, -0.2) is 66.8 Å². The molecular formula is C28H27ClF2N6O3. The maximum absolute atomic E-state index is 13.8. The molecule has 1 aromatic heterocycles. The van der Waals surface area contributed by atoms with Gasteiger partial charge in [-0.2, -0.15) is 10.1 Å². The monoisotopic (exact) mass is 568 g/mol. The Hall–Kier alpha value is -4.12. The lowest BCUT2D eigenvalue weighted by Crippen LogP contribution is -2.40. The van der Waals surface area contributed by atoms with Crippen LogP contribution in [0.5, 0.6) is 0 Å². The molecule has 2 aliphatic rings. The number of hydrogen-bond acceptors (Lipinski definition) is 8. The summed E-state index contributed by atoms with van der Waals surface area (Å²) in [6, 6.07) is 17.1. The predicted molar refractivity (Wildman–Crippen MR) is 147 cm³/mol. The van der Waals surface area contributed by atoms with Crippen LogP contribution in [-0.2, 0) is 9.53 Å². The van der Waals surface area contributed by atoms with Crippen molar-refractivity contribution in [3.05, 3.63) is 82.5 Å². The minimum absolute atomic E-state index is 0.0757. The number of carbonyl (C=O) groups is 2. The summed E-state index contributed by atoms with van der Waals surface area (Å²) in [5.74, 6) is -3.68. The van der Waals surface area contributed by atoms with Crippen molar-refractivity contribution in [3.8, 4) is 0 Å². The van der Waals surface area contributed by atoms with Gasteiger partial charge in [-0.1, -0.05) is 54.1 Å². The molecule has 2 aliphatic heterocycles. The lowest BCUT2D eigenvalue weighted by atomic mass is 9.91. The maximum Gasteiger partial charge on any atom is 0.325 e. The van der Waals surface area contributed by atoms with Crippen LogP contribution in [0.4, 0.5) is 20.5 Å². The van der Waals surface area contributed by atoms with Crippen LogP contribution in [0.15, 0.2) is 65.9 Å². The SMILES string of the molecule is COC(=O)CNC(=O)c1cnc(N2CCC(F)(F)CC2)nc1N1CC(c2ccccc2)C(c2ccc(Cl)cc2)=N1. The summed E-state index contributed by atoms with van der Waals surface area (Å²) in [4.78, 5) is 35.4. The molecule has 1 saturated heterocycles. The lowest BCUT2D eigenvalue weighted by molar-refractivity contribution is -0.139. The number of aromatic nitrogens is 2. The molecule has 0 spiro atoms. The second kappa shape index (κ2) is 11.5. The number of nitrogens with zero attached hydrogens (tertiary/aromatic N) is 5. The number of piperidine rings is 1. The zero-order valence-corrected chi connectivity index (χ0v) is 22.4. The number of methoxy groups -OCH3 is 1. The number of esters is 1. The fraction of sp³-hybridized carbons (Fsp3) is 0.321. The standard InChI is InChI=1S/C28H27ClF2N6O3/c1-40-23(38)16-32-26(39)21-15-33-27(36-13-11-28(30,31)12-14-36)34-25(21)37-17-22(18-5-3-2-4-6-18)24(35-37)19-7-9-20(29)10-8-19/h2-10,15,22H,11-14,16-17H2,1H3,(H,32,39). The molecule has 1 fully saturated rings. The summed E-state index contributed by atoms with van der Waals surface area (Å²) < 4.78 is 32.2. The number of benzene rings is 2. The number of rotatable bonds is 7. The fourth-order valence-corrected chi connectivity index (χ4v) is 4.81. The largest absolute Gasteiger partial charge is 0.468 e. The smallest absolute Gasteiger partial charge is 0.325 e. The molecule has 3 aromatic rings. The molecule has 1 atom stereocenters. The number of carbonyl (C=O) groups excluding carboxylic acids is 2. The van der Waals surface area contributed by atoms with Crippen LogP contribution in [0.25, 0.3) is 0 Å². The summed E-state index contributed by atoms with van der Waals surface area (Å²) in [6.07, 6.45) is 0.710. The number of halogens is 3. The zero-order valence-electron chi connectivity index (χ0n) is 21.7. The van der Waals surface area contributed by atoms with Crippen molar-refractivity contribution in [3.63, 3.8) is 0 Å². The normalized spacial score (nSPS) is 18.3. The molecule has 0 bridgehead atoms. The summed E-state index contributed by atoms with van der Waals surface area (Å²) in [5.41, 5.74) is 2.71. The van der Waals surface area contributed by atoms with E-state index in [2.05, 4.69) is 20.0 Å². The fourth-order valence-electron chi connectivity index (χ4n) is 4.69. The molecule has 0 saturated carbocycles. The molecule has 1 unspecified atom stereocenters. The molecule has 1 amide bonds. The van der Waals surface area contributed by atoms with E-state index in [9.17, 15) is 18.4 Å². The zero-order chi connectivity index (χ0) is 28.3. The van der Waals surface area contributed by atoms with Crippen LogP contribution in [0.1, 0.15) is 40.2 Å². The van der Waals surface area contributed by atoms with Crippen molar-refractivity contribution in [2.45, 2.75) is 24.7 Å². The average molecular weight is 569 g/mol. The quantitative estimate of drug-likeness (QED) is 0.425. The Morgan fingerprint density at radius 3 is 2.48 bits per heavy atom. The summed E-state index contributed by atoms with van der Waals surface area (Å²) >= 11 is 6.13. The highest BCUT2D eigenvalue weighted by molar-refractivity contribution is 6.30. The highest BCUT2D eigenvalue weighted by Gasteiger charge is 2.36. The van der Waals surface area contributed by atoms with E-state index in [0.717, 1.165) is 16.8 Å². The number of amides is 1. The highest BCUT2D eigenvalue weighted by atomic mass is 35.5. The van der Waals surface area contributed by atoms with Gasteiger partial charge in [0, 0.05) is 43.1 Å². The first-order valence-electron chi connectivity index (χ1n) is 12.8. The average Bonchev–Trinajstić information content (AvgIpc) is 3.42. The van der Waals surface area contributed by atoms with E-state index >= 15 is 0 Å². The Labute approximate surface area is 234 Å². The molecule has 2 aromatic carbocycles. The van der Waals surface area contributed by atoms with E-state index in [4.69, 9.17) is 16.7 Å². The highest BCUT2D eigenvalue weighted by Crippen LogP contribution is 2.35. The van der Waals surface area contributed by atoms with Crippen molar-refractivity contribution in [1.82, 2.24) is 15.3 Å². The van der Waals surface area contributed by atoms with E-state index in [1.807, 2.05) is 42.5 Å². The van der Waals surface area contributed by atoms with Gasteiger partial charge >= 0.3 is 5.97 Å². The Bertz CT molecular complexity index is 1410. The molecule has 3 heterocycles. The number of hydrazone groups is 1. The van der Waals surface area contributed by atoms with E-state index in [-0.39, 0.29) is 55.7 Å². The van der Waals surface area contributed by atoms with Gasteiger partial charge in [0.2, 0.25) is 5.95 Å². The predicted octanol–water partition coefficient (Wildman–Crippen LogP) is 4.28. The van der Waals surface area contributed by atoms with Gasteiger partial charge in [-0.25, -0.2) is 18.8 Å². The molecule has 0 radical (unpaired) electrons. The lowest BCUT2D eigenvalue weighted by Gasteiger charge is -2.32. The van der Waals surface area contributed by atoms with Crippen molar-refractivity contribution in [2.75, 3.05) is 43.2 Å². The second-order valence-corrected chi connectivity index (χ2v) is 9.98. The van der Waals surface area contributed by atoms with Gasteiger partial charge in [-0.15, -0.1) is 0 Å². The Morgan fingerprint density at radius 2 is 1.80 bits per heavy atom. The minimum Gasteiger partial charge on any atom is -0.468 e. The van der Waals surface area contributed by atoms with E-state index < -0.39 is 17.8 Å². The Balaban J connectivity index is 1.54. The van der Waals surface area contributed by atoms with E-state index in [0.29, 0.717) is 11.6 Å². The van der Waals surface area contributed by atoms with Crippen molar-refractivity contribution < 1.29 is 23.1 Å². The summed E-state index contributed by atoms with van der Waals surface area (Å²) in [5, 5.41) is 9.62. The molecule has 9 nitrogen and oxygen atoms in total. The second-order valence-electron chi connectivity index (χ2n) is 9.55. The van der Waals surface area contributed by atoms with Gasteiger partial charge in [0.1, 0.15) is 12.1 Å². The van der Waals surface area contributed by atoms with Crippen molar-refractivity contribution in [2.24, 2.45) is 5.10 Å². The third-order valence-electron chi connectivity index (χ3n) is 6.90. The van der Waals surface area contributed by atoms with Crippen molar-refractivity contribution in [1.29, 1.82) is 0 Å². The first-order chi connectivity index (χ1) is 19.2. The van der Waals surface area contributed by atoms with Crippen molar-refractivity contribution >= 4 is 41.0 Å². The van der Waals surface area contributed by atoms with E-state index in [1.54, 1.807) is 22.0 Å². The minimum atomic E-state index is -2.73. The molecule has 0 aliphatic carbocycles. The molecule has 40 heavy (non-hydrogen) atoms. The van der Waals surface area contributed by atoms with Gasteiger partial charge in [-0.3, -0.25) is 9.59 Å². The summed E-state index contributed by atoms with van der Waals surface area (Å²) in [7, 11) is 1.22. The van der Waals surface area contributed by atoms with Gasteiger partial charge in [0.15, 0.2) is 5.82 Å². The maximum atomic E-state index is 13.8. The van der Waals surface area contributed by atoms with Crippen LogP contribution < -0.4 is 15.2 Å². The Morgan fingerprint density at radius 1 is 1.10 bits per heavy atom. The first-order valence-corrected chi connectivity index (χ1v) is 13.1. The summed E-state index contributed by atoms with van der Waals surface area (Å²) in [6.45, 7) is 0.163. The van der Waals surface area contributed by atoms with Gasteiger partial charge < -0.3 is 15.0 Å². The number of ether oxygens (including phenoxy) is 1.